The molecule has 0 aliphatic heterocycles. The summed E-state index contributed by atoms with van der Waals surface area (Å²) in [7, 11) is 0. The zero-order valence-corrected chi connectivity index (χ0v) is 18.8. The van der Waals surface area contributed by atoms with Crippen LogP contribution in [0.5, 0.6) is 11.5 Å². The first-order chi connectivity index (χ1) is 14.3. The van der Waals surface area contributed by atoms with E-state index in [-0.39, 0.29) is 34.6 Å². The largest absolute Gasteiger partial charge is 0.490 e. The summed E-state index contributed by atoms with van der Waals surface area (Å²) in [6, 6.07) is 9.62. The van der Waals surface area contributed by atoms with Gasteiger partial charge in [0, 0.05) is 11.8 Å². The normalized spacial score (nSPS) is 13.1. The van der Waals surface area contributed by atoms with E-state index in [4.69, 9.17) is 44.3 Å². The minimum absolute atomic E-state index is 0.00511. The number of ether oxygens (including phenoxy) is 2. The lowest BCUT2D eigenvalue weighted by Crippen LogP contribution is -2.28. The molecule has 0 bridgehead atoms. The summed E-state index contributed by atoms with van der Waals surface area (Å²) < 4.78 is 59.9. The second-order valence-corrected chi connectivity index (χ2v) is 8.44. The maximum Gasteiger partial charge on any atom is 0.453 e. The lowest BCUT2D eigenvalue weighted by atomic mass is 9.78. The van der Waals surface area contributed by atoms with Gasteiger partial charge in [0.25, 0.3) is 5.78 Å². The van der Waals surface area contributed by atoms with Crippen LogP contribution in [0.25, 0.3) is 0 Å². The van der Waals surface area contributed by atoms with Crippen LogP contribution in [0.2, 0.25) is 10.0 Å². The third kappa shape index (κ3) is 6.89. The molecule has 10 heteroatoms. The molecule has 0 heterocycles. The molecule has 3 nitrogen and oxygen atoms in total. The summed E-state index contributed by atoms with van der Waals surface area (Å²) in [5.41, 5.74) is -0.581. The SMILES string of the molecule is CC(C)(c1ccc(OCC(=O)C(F)(F)F)cc1)c1cc(Cl)c(OCCC(F)Cl)c(Cl)c1. The molecule has 0 saturated carbocycles. The molecule has 0 radical (unpaired) electrons. The van der Waals surface area contributed by atoms with Crippen LogP contribution in [0, 0.1) is 0 Å². The summed E-state index contributed by atoms with van der Waals surface area (Å²) in [5, 5.41) is 0.484. The predicted molar refractivity (Wildman–Crippen MR) is 112 cm³/mol. The van der Waals surface area contributed by atoms with Crippen LogP contribution in [0.4, 0.5) is 17.6 Å². The maximum absolute atomic E-state index is 12.7. The molecule has 0 spiro atoms. The van der Waals surface area contributed by atoms with E-state index in [1.165, 1.54) is 12.1 Å². The number of benzene rings is 2. The Morgan fingerprint density at radius 2 is 1.55 bits per heavy atom. The number of carbonyl (C=O) groups excluding carboxylic acids is 1. The van der Waals surface area contributed by atoms with E-state index >= 15 is 0 Å². The van der Waals surface area contributed by atoms with Crippen molar-refractivity contribution in [2.75, 3.05) is 13.2 Å². The molecular formula is C21H19Cl3F4O3. The van der Waals surface area contributed by atoms with Gasteiger partial charge in [-0.05, 0) is 35.4 Å². The highest BCUT2D eigenvalue weighted by molar-refractivity contribution is 6.37. The first-order valence-corrected chi connectivity index (χ1v) is 10.3. The van der Waals surface area contributed by atoms with Crippen molar-refractivity contribution in [2.24, 2.45) is 0 Å². The van der Waals surface area contributed by atoms with Gasteiger partial charge in [0.1, 0.15) is 5.75 Å². The van der Waals surface area contributed by atoms with Gasteiger partial charge in [0.05, 0.1) is 16.7 Å². The number of alkyl halides is 5. The Kier molecular flexibility index (Phi) is 8.47. The summed E-state index contributed by atoms with van der Waals surface area (Å²) in [4.78, 5) is 10.9. The zero-order valence-electron chi connectivity index (χ0n) is 16.5. The fraction of sp³-hybridized carbons (Fsp3) is 0.381. The van der Waals surface area contributed by atoms with Crippen LogP contribution in [0.15, 0.2) is 36.4 Å². The Labute approximate surface area is 192 Å². The van der Waals surface area contributed by atoms with Crippen molar-refractivity contribution in [1.29, 1.82) is 0 Å². The molecule has 2 rings (SSSR count). The number of carbonyl (C=O) groups is 1. The standard InChI is InChI=1S/C21H19Cl3F4O3/c1-20(2,12-3-5-14(6-4-12)31-11-17(29)21(26,27)28)13-9-15(22)19(16(23)10-13)30-8-7-18(24)25/h3-6,9-10,18H,7-8,11H2,1-2H3. The van der Waals surface area contributed by atoms with Crippen molar-refractivity contribution in [3.05, 3.63) is 57.6 Å². The second kappa shape index (κ2) is 10.3. The molecule has 0 N–H and O–H groups in total. The maximum atomic E-state index is 12.7. The van der Waals surface area contributed by atoms with Crippen molar-refractivity contribution >= 4 is 40.6 Å². The molecule has 1 atom stereocenters. The molecule has 31 heavy (non-hydrogen) atoms. The van der Waals surface area contributed by atoms with Crippen LogP contribution in [-0.4, -0.2) is 30.8 Å². The van der Waals surface area contributed by atoms with Crippen molar-refractivity contribution in [3.63, 3.8) is 0 Å². The van der Waals surface area contributed by atoms with E-state index in [1.54, 1.807) is 24.3 Å². The Morgan fingerprint density at radius 1 is 1.00 bits per heavy atom. The molecule has 170 valence electrons. The van der Waals surface area contributed by atoms with Gasteiger partial charge in [-0.3, -0.25) is 4.79 Å². The Morgan fingerprint density at radius 3 is 2.03 bits per heavy atom. The average molecular weight is 502 g/mol. The van der Waals surface area contributed by atoms with Gasteiger partial charge in [0.15, 0.2) is 18.0 Å². The van der Waals surface area contributed by atoms with Gasteiger partial charge < -0.3 is 9.47 Å². The summed E-state index contributed by atoms with van der Waals surface area (Å²) in [5.74, 6) is -1.61. The van der Waals surface area contributed by atoms with Crippen molar-refractivity contribution in [2.45, 2.75) is 37.5 Å². The minimum Gasteiger partial charge on any atom is -0.490 e. The average Bonchev–Trinajstić information content (AvgIpc) is 2.67. The van der Waals surface area contributed by atoms with Gasteiger partial charge in [-0.25, -0.2) is 4.39 Å². The molecule has 1 unspecified atom stereocenters. The van der Waals surface area contributed by atoms with Crippen LogP contribution in [0.1, 0.15) is 31.4 Å². The third-order valence-electron chi connectivity index (χ3n) is 4.56. The fourth-order valence-corrected chi connectivity index (χ4v) is 3.36. The monoisotopic (exact) mass is 500 g/mol. The fourth-order valence-electron chi connectivity index (χ4n) is 2.67. The highest BCUT2D eigenvalue weighted by Crippen LogP contribution is 2.40. The minimum atomic E-state index is -4.94. The number of rotatable bonds is 9. The molecule has 0 aliphatic carbocycles. The van der Waals surface area contributed by atoms with E-state index < -0.39 is 29.6 Å². The van der Waals surface area contributed by atoms with E-state index in [1.807, 2.05) is 13.8 Å². The Balaban J connectivity index is 2.16. The smallest absolute Gasteiger partial charge is 0.453 e. The number of hydrogen-bond donors (Lipinski definition) is 0. The number of halogens is 7. The van der Waals surface area contributed by atoms with Crippen molar-refractivity contribution < 1.29 is 31.8 Å². The lowest BCUT2D eigenvalue weighted by molar-refractivity contribution is -0.173. The van der Waals surface area contributed by atoms with E-state index in [0.29, 0.717) is 0 Å². The van der Waals surface area contributed by atoms with Crippen LogP contribution in [0.3, 0.4) is 0 Å². The van der Waals surface area contributed by atoms with Crippen LogP contribution < -0.4 is 9.47 Å². The van der Waals surface area contributed by atoms with Crippen LogP contribution >= 0.6 is 34.8 Å². The highest BCUT2D eigenvalue weighted by atomic mass is 35.5. The highest BCUT2D eigenvalue weighted by Gasteiger charge is 2.38. The van der Waals surface area contributed by atoms with Crippen LogP contribution in [-0.2, 0) is 10.2 Å². The Hall–Kier alpha value is -1.70. The molecule has 0 fully saturated rings. The molecular weight excluding hydrogens is 483 g/mol. The van der Waals surface area contributed by atoms with Crippen molar-refractivity contribution in [1.82, 2.24) is 0 Å². The molecule has 2 aromatic carbocycles. The number of Topliss-reactive ketones (excluding diaryl/α,β-unsaturated/α-hetero) is 1. The van der Waals surface area contributed by atoms with E-state index in [9.17, 15) is 22.4 Å². The van der Waals surface area contributed by atoms with Gasteiger partial charge in [-0.1, -0.05) is 60.8 Å². The molecule has 2 aromatic rings. The van der Waals surface area contributed by atoms with Gasteiger partial charge in [-0.15, -0.1) is 0 Å². The first kappa shape index (κ1) is 25.6. The predicted octanol–water partition coefficient (Wildman–Crippen LogP) is 7.13. The topological polar surface area (TPSA) is 35.5 Å². The summed E-state index contributed by atoms with van der Waals surface area (Å²) >= 11 is 17.8. The molecule has 0 aliphatic rings. The van der Waals surface area contributed by atoms with E-state index in [2.05, 4.69) is 0 Å². The quantitative estimate of drug-likeness (QED) is 0.271. The molecule has 0 aromatic heterocycles. The van der Waals surface area contributed by atoms with Gasteiger partial charge in [0.2, 0.25) is 0 Å². The van der Waals surface area contributed by atoms with E-state index in [0.717, 1.165) is 11.1 Å². The summed E-state index contributed by atoms with van der Waals surface area (Å²) in [6.07, 6.45) is -4.96. The third-order valence-corrected chi connectivity index (χ3v) is 5.34. The Bertz CT molecular complexity index is 890. The second-order valence-electron chi connectivity index (χ2n) is 7.16. The summed E-state index contributed by atoms with van der Waals surface area (Å²) in [6.45, 7) is 2.72. The number of ketones is 1. The first-order valence-electron chi connectivity index (χ1n) is 9.06. The zero-order chi connectivity index (χ0) is 23.4. The molecule has 0 amide bonds. The molecule has 0 saturated heterocycles. The number of hydrogen-bond acceptors (Lipinski definition) is 3. The lowest BCUT2D eigenvalue weighted by Gasteiger charge is -2.27. The van der Waals surface area contributed by atoms with Crippen molar-refractivity contribution in [3.8, 4) is 11.5 Å². The van der Waals surface area contributed by atoms with Gasteiger partial charge >= 0.3 is 6.18 Å². The van der Waals surface area contributed by atoms with Gasteiger partial charge in [-0.2, -0.15) is 13.2 Å².